The number of hydrogen-bond acceptors (Lipinski definition) is 3. The Morgan fingerprint density at radius 2 is 2.42 bits per heavy atom. The molecule has 2 nitrogen and oxygen atoms in total. The second kappa shape index (κ2) is 3.45. The predicted molar refractivity (Wildman–Crippen MR) is 44.4 cm³/mol. The molecule has 1 rings (SSSR count). The summed E-state index contributed by atoms with van der Waals surface area (Å²) in [7, 11) is 0. The van der Waals surface area contributed by atoms with Crippen LogP contribution in [0, 0.1) is 0 Å². The highest BCUT2D eigenvalue weighted by Gasteiger charge is 2.30. The van der Waals surface area contributed by atoms with Gasteiger partial charge in [0, 0.05) is 17.5 Å². The minimum atomic E-state index is -2.50. The summed E-state index contributed by atoms with van der Waals surface area (Å²) in [5, 5.41) is 0. The maximum Gasteiger partial charge on any atom is 0.256 e. The van der Waals surface area contributed by atoms with Gasteiger partial charge in [-0.05, 0) is 6.92 Å². The third kappa shape index (κ3) is 2.22. The Bertz CT molecular complexity index is 234. The summed E-state index contributed by atoms with van der Waals surface area (Å²) < 4.78 is 24.5. The molecule has 0 saturated carbocycles. The second-order valence-corrected chi connectivity index (χ2v) is 3.92. The molecule has 0 aliphatic carbocycles. The Kier molecular flexibility index (Phi) is 2.74. The van der Waals surface area contributed by atoms with Crippen molar-refractivity contribution < 1.29 is 8.78 Å². The van der Waals surface area contributed by atoms with Gasteiger partial charge in [0.15, 0.2) is 0 Å². The van der Waals surface area contributed by atoms with Crippen molar-refractivity contribution in [3.05, 3.63) is 16.6 Å². The highest BCUT2D eigenvalue weighted by Crippen LogP contribution is 2.19. The largest absolute Gasteiger partial charge is 0.320 e. The van der Waals surface area contributed by atoms with Crippen molar-refractivity contribution >= 4 is 11.3 Å². The molecule has 5 heteroatoms. The summed E-state index contributed by atoms with van der Waals surface area (Å²) in [5.41, 5.74) is 5.55. The molecule has 1 unspecified atom stereocenters. The Morgan fingerprint density at radius 3 is 2.83 bits per heavy atom. The summed E-state index contributed by atoms with van der Waals surface area (Å²) in [4.78, 5) is 4.58. The Balaban J connectivity index is 2.62. The van der Waals surface area contributed by atoms with Crippen LogP contribution in [0.2, 0.25) is 0 Å². The molecule has 1 aromatic heterocycles. The molecule has 0 aliphatic heterocycles. The van der Waals surface area contributed by atoms with Gasteiger partial charge in [0.05, 0.1) is 11.0 Å². The second-order valence-electron chi connectivity index (χ2n) is 2.95. The summed E-state index contributed by atoms with van der Waals surface area (Å²) >= 11 is 1.34. The van der Waals surface area contributed by atoms with Crippen molar-refractivity contribution in [2.75, 3.05) is 0 Å². The molecule has 0 aromatic carbocycles. The van der Waals surface area contributed by atoms with Crippen molar-refractivity contribution in [1.29, 1.82) is 0 Å². The number of nitrogens with zero attached hydrogens (tertiary/aromatic N) is 1. The van der Waals surface area contributed by atoms with E-state index in [1.54, 1.807) is 11.7 Å². The first-order valence-corrected chi connectivity index (χ1v) is 4.35. The first kappa shape index (κ1) is 9.54. The van der Waals surface area contributed by atoms with Gasteiger partial charge in [-0.2, -0.15) is 0 Å². The van der Waals surface area contributed by atoms with Crippen LogP contribution in [0.5, 0.6) is 0 Å². The van der Waals surface area contributed by atoms with Crippen LogP contribution in [0.25, 0.3) is 0 Å². The molecule has 0 radical (unpaired) electrons. The average Bonchev–Trinajstić information content (AvgIpc) is 2.38. The fourth-order valence-corrected chi connectivity index (χ4v) is 1.56. The molecule has 12 heavy (non-hydrogen) atoms. The van der Waals surface area contributed by atoms with Crippen molar-refractivity contribution in [1.82, 2.24) is 4.98 Å². The Labute approximate surface area is 73.4 Å². The lowest BCUT2D eigenvalue weighted by Gasteiger charge is -2.22. The summed E-state index contributed by atoms with van der Waals surface area (Å²) in [5.74, 6) is 0. The summed E-state index contributed by atoms with van der Waals surface area (Å²) in [6.07, 6.45) is -0.757. The van der Waals surface area contributed by atoms with Crippen LogP contribution in [0.15, 0.2) is 11.7 Å². The third-order valence-electron chi connectivity index (χ3n) is 1.54. The van der Waals surface area contributed by atoms with Crippen molar-refractivity contribution in [3.63, 3.8) is 0 Å². The van der Waals surface area contributed by atoms with E-state index < -0.39 is 12.0 Å². The number of halogens is 2. The molecule has 1 aromatic rings. The molecular formula is C7H10F2N2S. The summed E-state index contributed by atoms with van der Waals surface area (Å²) in [6, 6.07) is 0. The van der Waals surface area contributed by atoms with Crippen LogP contribution in [-0.2, 0) is 6.42 Å². The monoisotopic (exact) mass is 192 g/mol. The smallest absolute Gasteiger partial charge is 0.256 e. The van der Waals surface area contributed by atoms with Crippen LogP contribution < -0.4 is 5.73 Å². The van der Waals surface area contributed by atoms with E-state index >= 15 is 0 Å². The molecule has 1 heterocycles. The van der Waals surface area contributed by atoms with Gasteiger partial charge in [0.1, 0.15) is 0 Å². The number of hydrogen-bond donors (Lipinski definition) is 1. The van der Waals surface area contributed by atoms with Crippen LogP contribution in [0.4, 0.5) is 8.78 Å². The highest BCUT2D eigenvalue weighted by atomic mass is 32.1. The van der Waals surface area contributed by atoms with Gasteiger partial charge >= 0.3 is 0 Å². The first-order chi connectivity index (χ1) is 5.52. The molecule has 68 valence electrons. The molecule has 0 spiro atoms. The Morgan fingerprint density at radius 1 is 1.75 bits per heavy atom. The lowest BCUT2D eigenvalue weighted by molar-refractivity contribution is 0.0643. The standard InChI is InChI=1S/C7H10F2N2S/c1-7(10,6(8)9)2-5-3-11-4-12-5/h3-4,6H,2,10H2,1H3. The molecule has 0 fully saturated rings. The lowest BCUT2D eigenvalue weighted by Crippen LogP contribution is -2.45. The van der Waals surface area contributed by atoms with Crippen molar-refractivity contribution in [2.24, 2.45) is 5.73 Å². The molecular weight excluding hydrogens is 182 g/mol. The zero-order valence-corrected chi connectivity index (χ0v) is 7.44. The molecule has 0 bridgehead atoms. The van der Waals surface area contributed by atoms with Gasteiger partial charge in [-0.25, -0.2) is 8.78 Å². The van der Waals surface area contributed by atoms with E-state index in [1.807, 2.05) is 0 Å². The Hall–Kier alpha value is -0.550. The lowest BCUT2D eigenvalue weighted by atomic mass is 10.00. The SMILES string of the molecule is CC(N)(Cc1cncs1)C(F)F. The van der Waals surface area contributed by atoms with Crippen molar-refractivity contribution in [3.8, 4) is 0 Å². The van der Waals surface area contributed by atoms with Gasteiger partial charge in [-0.3, -0.25) is 4.98 Å². The van der Waals surface area contributed by atoms with E-state index in [2.05, 4.69) is 4.98 Å². The van der Waals surface area contributed by atoms with Gasteiger partial charge in [0.25, 0.3) is 6.43 Å². The van der Waals surface area contributed by atoms with Crippen LogP contribution in [-0.4, -0.2) is 16.9 Å². The molecule has 0 aliphatic rings. The first-order valence-electron chi connectivity index (χ1n) is 3.47. The number of thiazole rings is 1. The number of rotatable bonds is 3. The molecule has 0 saturated heterocycles. The normalized spacial score (nSPS) is 16.4. The summed E-state index contributed by atoms with van der Waals surface area (Å²) in [6.45, 7) is 1.34. The topological polar surface area (TPSA) is 38.9 Å². The van der Waals surface area contributed by atoms with Crippen LogP contribution >= 0.6 is 11.3 Å². The van der Waals surface area contributed by atoms with E-state index in [-0.39, 0.29) is 6.42 Å². The highest BCUT2D eigenvalue weighted by molar-refractivity contribution is 7.09. The zero-order valence-electron chi connectivity index (χ0n) is 6.63. The zero-order chi connectivity index (χ0) is 9.19. The number of aromatic nitrogens is 1. The van der Waals surface area contributed by atoms with Gasteiger partial charge in [-0.15, -0.1) is 11.3 Å². The van der Waals surface area contributed by atoms with Gasteiger partial charge < -0.3 is 5.73 Å². The molecule has 0 amide bonds. The number of nitrogens with two attached hydrogens (primary N) is 1. The minimum Gasteiger partial charge on any atom is -0.320 e. The molecule has 2 N–H and O–H groups in total. The average molecular weight is 192 g/mol. The fraction of sp³-hybridized carbons (Fsp3) is 0.571. The van der Waals surface area contributed by atoms with E-state index in [4.69, 9.17) is 5.73 Å². The maximum absolute atomic E-state index is 12.3. The van der Waals surface area contributed by atoms with E-state index in [9.17, 15) is 8.78 Å². The van der Waals surface area contributed by atoms with Crippen LogP contribution in [0.3, 0.4) is 0 Å². The van der Waals surface area contributed by atoms with Crippen LogP contribution in [0.1, 0.15) is 11.8 Å². The predicted octanol–water partition coefficient (Wildman–Crippen LogP) is 1.67. The third-order valence-corrected chi connectivity index (χ3v) is 2.32. The van der Waals surface area contributed by atoms with E-state index in [0.717, 1.165) is 4.88 Å². The number of alkyl halides is 2. The quantitative estimate of drug-likeness (QED) is 0.791. The molecule has 1 atom stereocenters. The van der Waals surface area contributed by atoms with E-state index in [1.165, 1.54) is 18.3 Å². The minimum absolute atomic E-state index is 0.176. The van der Waals surface area contributed by atoms with Gasteiger partial charge in [-0.1, -0.05) is 0 Å². The van der Waals surface area contributed by atoms with Crippen molar-refractivity contribution in [2.45, 2.75) is 25.3 Å². The van der Waals surface area contributed by atoms with E-state index in [0.29, 0.717) is 0 Å². The fourth-order valence-electron chi connectivity index (χ4n) is 0.782. The maximum atomic E-state index is 12.3. The van der Waals surface area contributed by atoms with Gasteiger partial charge in [0.2, 0.25) is 0 Å².